The summed E-state index contributed by atoms with van der Waals surface area (Å²) in [5.74, 6) is 0.228. The molecule has 0 bridgehead atoms. The summed E-state index contributed by atoms with van der Waals surface area (Å²) in [7, 11) is 0. The quantitative estimate of drug-likeness (QED) is 0.770. The zero-order chi connectivity index (χ0) is 15.9. The van der Waals surface area contributed by atoms with Crippen molar-refractivity contribution in [3.05, 3.63) is 29.0 Å². The van der Waals surface area contributed by atoms with Crippen LogP contribution in [0, 0.1) is 17.2 Å². The number of nitrogens with zero attached hydrogens (tertiary/aromatic N) is 2. The van der Waals surface area contributed by atoms with Gasteiger partial charge in [-0.1, -0.05) is 25.4 Å². The molecule has 0 aromatic heterocycles. The van der Waals surface area contributed by atoms with Crippen molar-refractivity contribution < 1.29 is 9.18 Å². The van der Waals surface area contributed by atoms with Crippen molar-refractivity contribution in [2.75, 3.05) is 5.01 Å². The molecular formula is C17H20ClFN2O. The van der Waals surface area contributed by atoms with Crippen LogP contribution in [0.25, 0.3) is 0 Å². The molecule has 0 N–H and O–H groups in total. The number of amides is 1. The molecule has 1 aromatic carbocycles. The number of benzene rings is 1. The lowest BCUT2D eigenvalue weighted by atomic mass is 9.67. The summed E-state index contributed by atoms with van der Waals surface area (Å²) in [5, 5.41) is 6.15. The minimum atomic E-state index is -0.473. The van der Waals surface area contributed by atoms with Crippen LogP contribution >= 0.6 is 11.6 Å². The van der Waals surface area contributed by atoms with Gasteiger partial charge in [0.2, 0.25) is 0 Å². The van der Waals surface area contributed by atoms with Gasteiger partial charge in [-0.2, -0.15) is 10.1 Å². The molecule has 0 saturated heterocycles. The molecule has 0 radical (unpaired) electrons. The van der Waals surface area contributed by atoms with Gasteiger partial charge in [-0.15, -0.1) is 0 Å². The average molecular weight is 323 g/mol. The van der Waals surface area contributed by atoms with Crippen molar-refractivity contribution in [2.24, 2.45) is 16.4 Å². The Morgan fingerprint density at radius 1 is 1.41 bits per heavy atom. The summed E-state index contributed by atoms with van der Waals surface area (Å²) >= 11 is 6.11. The summed E-state index contributed by atoms with van der Waals surface area (Å²) in [6.07, 6.45) is 4.50. The molecule has 118 valence electrons. The Balaban J connectivity index is 1.98. The number of hydrogen-bond donors (Lipinski definition) is 0. The standard InChI is InChI=1S/C17H20ClFN2O/c1-3-15-17(8-6-11(2)7-9-17)16(22)21(20-15)14-5-4-12(19)10-13(14)18/h4-5,10-11H,3,6-9H2,1-2H3. The summed E-state index contributed by atoms with van der Waals surface area (Å²) in [4.78, 5) is 13.1. The van der Waals surface area contributed by atoms with Crippen LogP contribution in [0.3, 0.4) is 0 Å². The maximum atomic E-state index is 13.2. The van der Waals surface area contributed by atoms with E-state index < -0.39 is 11.2 Å². The second-order valence-electron chi connectivity index (χ2n) is 6.38. The van der Waals surface area contributed by atoms with E-state index in [-0.39, 0.29) is 10.9 Å². The van der Waals surface area contributed by atoms with Crippen LogP contribution in [0.15, 0.2) is 23.3 Å². The molecule has 3 nitrogen and oxygen atoms in total. The SMILES string of the molecule is CCC1=NN(c2ccc(F)cc2Cl)C(=O)C12CCC(C)CC2. The van der Waals surface area contributed by atoms with E-state index in [1.54, 1.807) is 0 Å². The first kappa shape index (κ1) is 15.5. The monoisotopic (exact) mass is 322 g/mol. The molecule has 1 spiro atoms. The normalized spacial score (nSPS) is 28.4. The predicted molar refractivity (Wildman–Crippen MR) is 86.7 cm³/mol. The maximum absolute atomic E-state index is 13.2. The zero-order valence-corrected chi connectivity index (χ0v) is 13.7. The summed E-state index contributed by atoms with van der Waals surface area (Å²) in [5.41, 5.74) is 0.929. The van der Waals surface area contributed by atoms with Crippen molar-refractivity contribution in [1.29, 1.82) is 0 Å². The second kappa shape index (κ2) is 5.65. The molecule has 1 aliphatic carbocycles. The van der Waals surface area contributed by atoms with E-state index in [1.165, 1.54) is 23.2 Å². The van der Waals surface area contributed by atoms with Gasteiger partial charge in [-0.3, -0.25) is 4.79 Å². The maximum Gasteiger partial charge on any atom is 0.259 e. The van der Waals surface area contributed by atoms with Gasteiger partial charge in [0, 0.05) is 0 Å². The number of carbonyl (C=O) groups excluding carboxylic acids is 1. The molecule has 22 heavy (non-hydrogen) atoms. The largest absolute Gasteiger partial charge is 0.271 e. The number of halogens is 2. The van der Waals surface area contributed by atoms with Gasteiger partial charge in [0.05, 0.1) is 21.8 Å². The van der Waals surface area contributed by atoms with E-state index in [1.807, 2.05) is 6.92 Å². The van der Waals surface area contributed by atoms with Crippen LogP contribution < -0.4 is 5.01 Å². The Morgan fingerprint density at radius 3 is 2.68 bits per heavy atom. The average Bonchev–Trinajstić information content (AvgIpc) is 2.76. The lowest BCUT2D eigenvalue weighted by Crippen LogP contribution is -2.42. The van der Waals surface area contributed by atoms with E-state index in [4.69, 9.17) is 11.6 Å². The highest BCUT2D eigenvalue weighted by Crippen LogP contribution is 2.47. The molecule has 1 heterocycles. The number of hydrogen-bond acceptors (Lipinski definition) is 2. The topological polar surface area (TPSA) is 32.7 Å². The summed E-state index contributed by atoms with van der Waals surface area (Å²) in [6.45, 7) is 4.26. The molecular weight excluding hydrogens is 303 g/mol. The van der Waals surface area contributed by atoms with Crippen molar-refractivity contribution >= 4 is 28.9 Å². The fourth-order valence-corrected chi connectivity index (χ4v) is 3.82. The van der Waals surface area contributed by atoms with E-state index in [0.29, 0.717) is 11.6 Å². The number of carbonyl (C=O) groups is 1. The molecule has 1 saturated carbocycles. The molecule has 1 aliphatic heterocycles. The van der Waals surface area contributed by atoms with Gasteiger partial charge in [0.15, 0.2) is 0 Å². The predicted octanol–water partition coefficient (Wildman–Crippen LogP) is 4.79. The van der Waals surface area contributed by atoms with E-state index >= 15 is 0 Å². The van der Waals surface area contributed by atoms with Gasteiger partial charge in [-0.25, -0.2) is 4.39 Å². The van der Waals surface area contributed by atoms with Crippen molar-refractivity contribution in [3.63, 3.8) is 0 Å². The van der Waals surface area contributed by atoms with Gasteiger partial charge in [0.25, 0.3) is 5.91 Å². The second-order valence-corrected chi connectivity index (χ2v) is 6.78. The van der Waals surface area contributed by atoms with Crippen LogP contribution in [-0.2, 0) is 4.79 Å². The first-order valence-electron chi connectivity index (χ1n) is 7.85. The molecule has 1 fully saturated rings. The molecule has 5 heteroatoms. The molecule has 1 amide bonds. The highest BCUT2D eigenvalue weighted by atomic mass is 35.5. The minimum Gasteiger partial charge on any atom is -0.271 e. The van der Waals surface area contributed by atoms with E-state index in [2.05, 4.69) is 12.0 Å². The van der Waals surface area contributed by atoms with Crippen molar-refractivity contribution in [2.45, 2.75) is 46.0 Å². The Kier molecular flexibility index (Phi) is 3.98. The van der Waals surface area contributed by atoms with Crippen LogP contribution in [0.1, 0.15) is 46.0 Å². The van der Waals surface area contributed by atoms with Crippen LogP contribution in [-0.4, -0.2) is 11.6 Å². The van der Waals surface area contributed by atoms with Crippen molar-refractivity contribution in [3.8, 4) is 0 Å². The van der Waals surface area contributed by atoms with Crippen LogP contribution in [0.2, 0.25) is 5.02 Å². The molecule has 2 aliphatic rings. The number of rotatable bonds is 2. The fraction of sp³-hybridized carbons (Fsp3) is 0.529. The first-order chi connectivity index (χ1) is 10.5. The summed E-state index contributed by atoms with van der Waals surface area (Å²) < 4.78 is 13.2. The lowest BCUT2D eigenvalue weighted by molar-refractivity contribution is -0.125. The highest BCUT2D eigenvalue weighted by Gasteiger charge is 2.51. The zero-order valence-electron chi connectivity index (χ0n) is 12.9. The molecule has 3 rings (SSSR count). The Labute approximate surface area is 135 Å². The Hall–Kier alpha value is -1.42. The van der Waals surface area contributed by atoms with E-state index in [0.717, 1.165) is 37.8 Å². The smallest absolute Gasteiger partial charge is 0.259 e. The third-order valence-corrected chi connectivity index (χ3v) is 5.28. The van der Waals surface area contributed by atoms with Gasteiger partial charge >= 0.3 is 0 Å². The van der Waals surface area contributed by atoms with E-state index in [9.17, 15) is 9.18 Å². The fourth-order valence-electron chi connectivity index (χ4n) is 3.57. The summed E-state index contributed by atoms with van der Waals surface area (Å²) in [6, 6.07) is 4.06. The first-order valence-corrected chi connectivity index (χ1v) is 8.23. The van der Waals surface area contributed by atoms with Crippen LogP contribution in [0.5, 0.6) is 0 Å². The Morgan fingerprint density at radius 2 is 2.09 bits per heavy atom. The molecule has 1 aromatic rings. The Bertz CT molecular complexity index is 636. The van der Waals surface area contributed by atoms with Crippen LogP contribution in [0.4, 0.5) is 10.1 Å². The molecule has 0 unspecified atom stereocenters. The van der Waals surface area contributed by atoms with Gasteiger partial charge in [-0.05, 0) is 56.2 Å². The van der Waals surface area contributed by atoms with Gasteiger partial charge < -0.3 is 0 Å². The number of anilines is 1. The highest BCUT2D eigenvalue weighted by molar-refractivity contribution is 6.34. The third-order valence-electron chi connectivity index (χ3n) is 4.98. The minimum absolute atomic E-state index is 0.00948. The third kappa shape index (κ3) is 2.34. The van der Waals surface area contributed by atoms with Gasteiger partial charge in [0.1, 0.15) is 5.82 Å². The number of hydrazone groups is 1. The molecule has 0 atom stereocenters. The lowest BCUT2D eigenvalue weighted by Gasteiger charge is -2.35. The van der Waals surface area contributed by atoms with Crippen molar-refractivity contribution in [1.82, 2.24) is 0 Å².